The van der Waals surface area contributed by atoms with Gasteiger partial charge in [0.1, 0.15) is 5.82 Å². The van der Waals surface area contributed by atoms with Crippen molar-refractivity contribution < 1.29 is 8.42 Å². The van der Waals surface area contributed by atoms with E-state index in [0.29, 0.717) is 0 Å². The summed E-state index contributed by atoms with van der Waals surface area (Å²) < 4.78 is 26.8. The molecule has 0 amide bonds. The molecule has 0 atom stereocenters. The van der Waals surface area contributed by atoms with Crippen molar-refractivity contribution in [2.45, 2.75) is 26.2 Å². The van der Waals surface area contributed by atoms with Crippen molar-refractivity contribution in [1.29, 1.82) is 0 Å². The van der Waals surface area contributed by atoms with Crippen molar-refractivity contribution in [1.82, 2.24) is 24.2 Å². The van der Waals surface area contributed by atoms with E-state index in [1.54, 1.807) is 6.20 Å². The van der Waals surface area contributed by atoms with Crippen LogP contribution >= 0.6 is 0 Å². The summed E-state index contributed by atoms with van der Waals surface area (Å²) >= 11 is 0. The Bertz CT molecular complexity index is 742. The van der Waals surface area contributed by atoms with E-state index in [9.17, 15) is 8.42 Å². The largest absolute Gasteiger partial charge is 0.332 e. The summed E-state index contributed by atoms with van der Waals surface area (Å²) in [7, 11) is -3.19. The van der Waals surface area contributed by atoms with Crippen molar-refractivity contribution in [2.24, 2.45) is 0 Å². The molecule has 3 rings (SSSR count). The van der Waals surface area contributed by atoms with Crippen molar-refractivity contribution in [3.05, 3.63) is 47.8 Å². The summed E-state index contributed by atoms with van der Waals surface area (Å²) in [5.41, 5.74) is 1.79. The van der Waals surface area contributed by atoms with E-state index in [4.69, 9.17) is 0 Å². The minimum absolute atomic E-state index is 0.235. The van der Waals surface area contributed by atoms with Crippen molar-refractivity contribution in [3.63, 3.8) is 0 Å². The third-order valence-corrected chi connectivity index (χ3v) is 4.23. The first-order valence-corrected chi connectivity index (χ1v) is 9.00. The molecule has 22 heavy (non-hydrogen) atoms. The number of imidazole rings is 1. The lowest BCUT2D eigenvalue weighted by Gasteiger charge is -2.27. The zero-order valence-corrected chi connectivity index (χ0v) is 13.3. The highest BCUT2D eigenvalue weighted by Crippen LogP contribution is 2.15. The number of fused-ring (bicyclic) bond motifs is 1. The first-order chi connectivity index (χ1) is 10.5. The molecule has 118 valence electrons. The molecule has 0 saturated carbocycles. The molecule has 0 aromatic carbocycles. The summed E-state index contributed by atoms with van der Waals surface area (Å²) in [6.07, 6.45) is 4.87. The third-order valence-electron chi connectivity index (χ3n) is 3.56. The number of aromatic nitrogens is 3. The fourth-order valence-corrected chi connectivity index (χ4v) is 2.92. The maximum absolute atomic E-state index is 11.1. The van der Waals surface area contributed by atoms with E-state index in [2.05, 4.69) is 24.2 Å². The van der Waals surface area contributed by atoms with E-state index in [0.717, 1.165) is 49.6 Å². The standard InChI is InChI=1S/C14H19N5O2S/c1-22(20,21)16-8-13-10-19-7-6-18(11-14(19)17-13)9-12-4-2-3-5-15-12/h2-5,10,16H,6-9,11H2,1H3. The normalized spacial score (nSPS) is 15.7. The van der Waals surface area contributed by atoms with Gasteiger partial charge >= 0.3 is 0 Å². The molecule has 1 N–H and O–H groups in total. The average Bonchev–Trinajstić information content (AvgIpc) is 2.88. The molecule has 8 heteroatoms. The van der Waals surface area contributed by atoms with Crippen molar-refractivity contribution in [2.75, 3.05) is 12.8 Å². The Kier molecular flexibility index (Phi) is 4.23. The van der Waals surface area contributed by atoms with Crippen LogP contribution in [0.1, 0.15) is 17.2 Å². The van der Waals surface area contributed by atoms with Gasteiger partial charge in [0, 0.05) is 32.0 Å². The summed E-state index contributed by atoms with van der Waals surface area (Å²) in [6, 6.07) is 5.91. The summed E-state index contributed by atoms with van der Waals surface area (Å²) in [6.45, 7) is 3.56. The second kappa shape index (κ2) is 6.15. The predicted molar refractivity (Wildman–Crippen MR) is 82.3 cm³/mol. The molecule has 0 fully saturated rings. The SMILES string of the molecule is CS(=O)(=O)NCc1cn2c(n1)CN(Cc1ccccn1)CC2. The van der Waals surface area contributed by atoms with Gasteiger partial charge in [-0.3, -0.25) is 9.88 Å². The van der Waals surface area contributed by atoms with Crippen LogP contribution in [0.4, 0.5) is 0 Å². The monoisotopic (exact) mass is 321 g/mol. The van der Waals surface area contributed by atoms with Crippen LogP contribution in [0.25, 0.3) is 0 Å². The van der Waals surface area contributed by atoms with E-state index in [1.165, 1.54) is 0 Å². The molecule has 1 aliphatic rings. The van der Waals surface area contributed by atoms with Gasteiger partial charge in [-0.2, -0.15) is 0 Å². The van der Waals surface area contributed by atoms with Gasteiger partial charge in [0.2, 0.25) is 10.0 Å². The summed E-state index contributed by atoms with van der Waals surface area (Å²) in [5, 5.41) is 0. The number of sulfonamides is 1. The minimum Gasteiger partial charge on any atom is -0.332 e. The van der Waals surface area contributed by atoms with Crippen LogP contribution in [0.15, 0.2) is 30.6 Å². The molecule has 7 nitrogen and oxygen atoms in total. The first-order valence-electron chi connectivity index (χ1n) is 7.11. The van der Waals surface area contributed by atoms with Gasteiger partial charge < -0.3 is 4.57 Å². The van der Waals surface area contributed by atoms with Gasteiger partial charge in [-0.05, 0) is 12.1 Å². The fraction of sp³-hybridized carbons (Fsp3) is 0.429. The molecule has 0 unspecified atom stereocenters. The number of nitrogens with one attached hydrogen (secondary N) is 1. The molecular formula is C14H19N5O2S. The average molecular weight is 321 g/mol. The molecule has 0 spiro atoms. The molecule has 0 radical (unpaired) electrons. The van der Waals surface area contributed by atoms with Crippen LogP contribution in [0.2, 0.25) is 0 Å². The first kappa shape index (κ1) is 15.1. The molecule has 3 heterocycles. The Morgan fingerprint density at radius 1 is 1.27 bits per heavy atom. The van der Waals surface area contributed by atoms with Crippen molar-refractivity contribution in [3.8, 4) is 0 Å². The number of pyridine rings is 1. The van der Waals surface area contributed by atoms with Crippen LogP contribution in [0, 0.1) is 0 Å². The molecule has 2 aromatic heterocycles. The lowest BCUT2D eigenvalue weighted by atomic mass is 10.3. The molecular weight excluding hydrogens is 302 g/mol. The Balaban J connectivity index is 1.64. The Hall–Kier alpha value is -1.77. The smallest absolute Gasteiger partial charge is 0.209 e. The second-order valence-corrected chi connectivity index (χ2v) is 7.30. The Morgan fingerprint density at radius 2 is 2.14 bits per heavy atom. The van der Waals surface area contributed by atoms with Crippen LogP contribution in [-0.2, 0) is 36.2 Å². The molecule has 0 aliphatic carbocycles. The van der Waals surface area contributed by atoms with Gasteiger partial charge in [-0.25, -0.2) is 18.1 Å². The van der Waals surface area contributed by atoms with E-state index in [1.807, 2.05) is 24.4 Å². The molecule has 0 bridgehead atoms. The highest BCUT2D eigenvalue weighted by Gasteiger charge is 2.19. The number of hydrogen-bond acceptors (Lipinski definition) is 5. The topological polar surface area (TPSA) is 80.1 Å². The van der Waals surface area contributed by atoms with E-state index >= 15 is 0 Å². The van der Waals surface area contributed by atoms with Gasteiger partial charge in [-0.15, -0.1) is 0 Å². The van der Waals surface area contributed by atoms with Crippen molar-refractivity contribution >= 4 is 10.0 Å². The van der Waals surface area contributed by atoms with Gasteiger partial charge in [0.15, 0.2) is 0 Å². The molecule has 0 saturated heterocycles. The highest BCUT2D eigenvalue weighted by molar-refractivity contribution is 7.88. The maximum Gasteiger partial charge on any atom is 0.209 e. The van der Waals surface area contributed by atoms with Crippen LogP contribution in [0.5, 0.6) is 0 Å². The third kappa shape index (κ3) is 3.90. The van der Waals surface area contributed by atoms with Gasteiger partial charge in [0.25, 0.3) is 0 Å². The lowest BCUT2D eigenvalue weighted by molar-refractivity contribution is 0.206. The zero-order valence-electron chi connectivity index (χ0n) is 12.4. The summed E-state index contributed by atoms with van der Waals surface area (Å²) in [5.74, 6) is 0.965. The minimum atomic E-state index is -3.19. The Morgan fingerprint density at radius 3 is 2.86 bits per heavy atom. The number of rotatable bonds is 5. The highest BCUT2D eigenvalue weighted by atomic mass is 32.2. The quantitative estimate of drug-likeness (QED) is 0.859. The number of nitrogens with zero attached hydrogens (tertiary/aromatic N) is 4. The van der Waals surface area contributed by atoms with E-state index < -0.39 is 10.0 Å². The molecule has 1 aliphatic heterocycles. The second-order valence-electron chi connectivity index (χ2n) is 5.47. The van der Waals surface area contributed by atoms with Crippen LogP contribution < -0.4 is 4.72 Å². The van der Waals surface area contributed by atoms with E-state index in [-0.39, 0.29) is 6.54 Å². The Labute approximate surface area is 130 Å². The summed E-state index contributed by atoms with van der Waals surface area (Å²) in [4.78, 5) is 11.2. The maximum atomic E-state index is 11.1. The lowest BCUT2D eigenvalue weighted by Crippen LogP contribution is -2.33. The van der Waals surface area contributed by atoms with Crippen LogP contribution in [-0.4, -0.2) is 40.7 Å². The fourth-order valence-electron chi connectivity index (χ4n) is 2.51. The van der Waals surface area contributed by atoms with Crippen LogP contribution in [0.3, 0.4) is 0 Å². The predicted octanol–water partition coefficient (Wildman–Crippen LogP) is 0.343. The zero-order chi connectivity index (χ0) is 15.6. The van der Waals surface area contributed by atoms with Gasteiger partial charge in [0.05, 0.1) is 30.7 Å². The van der Waals surface area contributed by atoms with Gasteiger partial charge in [-0.1, -0.05) is 6.07 Å². The molecule has 2 aromatic rings. The number of hydrogen-bond donors (Lipinski definition) is 1.